The number of aryl methyl sites for hydroxylation is 4. The van der Waals surface area contributed by atoms with Gasteiger partial charge in [-0.1, -0.05) is 29.8 Å². The van der Waals surface area contributed by atoms with Crippen molar-refractivity contribution >= 4 is 28.5 Å². The van der Waals surface area contributed by atoms with Crippen LogP contribution in [-0.2, 0) is 17.8 Å². The Bertz CT molecular complexity index is 1060. The quantitative estimate of drug-likeness (QED) is 0.295. The summed E-state index contributed by atoms with van der Waals surface area (Å²) in [5, 5.41) is 3.71. The van der Waals surface area contributed by atoms with Gasteiger partial charge in [-0.3, -0.25) is 4.79 Å². The number of hydrogen-bond donors (Lipinski definition) is 1. The number of halogens is 1. The predicted octanol–water partition coefficient (Wildman–Crippen LogP) is 5.79. The van der Waals surface area contributed by atoms with E-state index in [1.807, 2.05) is 39.0 Å². The van der Waals surface area contributed by atoms with Gasteiger partial charge in [0.25, 0.3) is 0 Å². The molecule has 1 amide bonds. The van der Waals surface area contributed by atoms with Crippen LogP contribution in [0.5, 0.6) is 5.75 Å². The van der Waals surface area contributed by atoms with Crippen molar-refractivity contribution in [3.05, 3.63) is 70.5 Å². The second-order valence-electron chi connectivity index (χ2n) is 7.99. The maximum atomic E-state index is 11.6. The maximum absolute atomic E-state index is 11.6. The Morgan fingerprint density at radius 2 is 1.91 bits per heavy atom. The van der Waals surface area contributed by atoms with Crippen molar-refractivity contribution in [3.8, 4) is 5.75 Å². The minimum absolute atomic E-state index is 0.0490. The third kappa shape index (κ3) is 6.36. The molecule has 0 fully saturated rings. The van der Waals surface area contributed by atoms with E-state index in [-0.39, 0.29) is 5.91 Å². The van der Waals surface area contributed by atoms with Crippen LogP contribution in [0.25, 0.3) is 11.0 Å². The zero-order valence-corrected chi connectivity index (χ0v) is 19.9. The highest BCUT2D eigenvalue weighted by atomic mass is 35.5. The van der Waals surface area contributed by atoms with Gasteiger partial charge < -0.3 is 14.6 Å². The van der Waals surface area contributed by atoms with E-state index >= 15 is 0 Å². The summed E-state index contributed by atoms with van der Waals surface area (Å²) in [6, 6.07) is 12.2. The number of nitrogens with one attached hydrogen (secondary N) is 1. The smallest absolute Gasteiger partial charge is 0.243 e. The molecule has 1 aromatic heterocycles. The Morgan fingerprint density at radius 1 is 1.16 bits per heavy atom. The van der Waals surface area contributed by atoms with Crippen LogP contribution in [0.1, 0.15) is 43.1 Å². The number of hydrogen-bond acceptors (Lipinski definition) is 3. The molecule has 3 rings (SSSR count). The number of para-hydroxylation sites is 2. The number of benzene rings is 2. The molecular weight excluding hydrogens is 422 g/mol. The maximum Gasteiger partial charge on any atom is 0.243 e. The van der Waals surface area contributed by atoms with E-state index in [1.54, 1.807) is 12.2 Å². The van der Waals surface area contributed by atoms with Crippen LogP contribution in [0.2, 0.25) is 5.02 Å². The van der Waals surface area contributed by atoms with E-state index in [4.69, 9.17) is 21.3 Å². The first-order valence-electron chi connectivity index (χ1n) is 11.2. The summed E-state index contributed by atoms with van der Waals surface area (Å²) in [6.45, 7) is 8.03. The van der Waals surface area contributed by atoms with E-state index in [1.165, 1.54) is 0 Å². The molecule has 1 heterocycles. The van der Waals surface area contributed by atoms with E-state index in [0.29, 0.717) is 13.2 Å². The van der Waals surface area contributed by atoms with Crippen LogP contribution in [0, 0.1) is 13.8 Å². The molecule has 1 N–H and O–H groups in total. The monoisotopic (exact) mass is 453 g/mol. The molecular formula is C26H32ClN3O2. The molecule has 0 atom stereocenters. The van der Waals surface area contributed by atoms with E-state index < -0.39 is 0 Å². The summed E-state index contributed by atoms with van der Waals surface area (Å²) in [6.07, 6.45) is 6.91. The fourth-order valence-corrected chi connectivity index (χ4v) is 3.89. The first-order chi connectivity index (χ1) is 15.5. The molecule has 0 aliphatic carbocycles. The van der Waals surface area contributed by atoms with Crippen molar-refractivity contribution in [2.24, 2.45) is 0 Å². The highest BCUT2D eigenvalue weighted by Crippen LogP contribution is 2.26. The van der Waals surface area contributed by atoms with Gasteiger partial charge in [-0.05, 0) is 81.5 Å². The lowest BCUT2D eigenvalue weighted by Gasteiger charge is -2.12. The minimum Gasteiger partial charge on any atom is -0.494 e. The second kappa shape index (κ2) is 11.7. The Labute approximate surface area is 195 Å². The zero-order chi connectivity index (χ0) is 22.9. The number of allylic oxidation sites excluding steroid dienone is 1. The van der Waals surface area contributed by atoms with Crippen molar-refractivity contribution < 1.29 is 9.53 Å². The Kier molecular flexibility index (Phi) is 8.74. The highest BCUT2D eigenvalue weighted by molar-refractivity contribution is 6.32. The van der Waals surface area contributed by atoms with Crippen LogP contribution < -0.4 is 10.1 Å². The van der Waals surface area contributed by atoms with Crippen LogP contribution in [0.3, 0.4) is 0 Å². The number of imidazole rings is 1. The number of amides is 1. The molecule has 0 radical (unpaired) electrons. The SMILES string of the molecule is C/C=C\C(=O)NCCCc1nc2ccccc2n1CCCCOc1cc(C)c(Cl)c(C)c1. The third-order valence-corrected chi connectivity index (χ3v) is 5.98. The van der Waals surface area contributed by atoms with Gasteiger partial charge >= 0.3 is 0 Å². The van der Waals surface area contributed by atoms with Crippen molar-refractivity contribution in [2.45, 2.75) is 53.0 Å². The van der Waals surface area contributed by atoms with Gasteiger partial charge in [-0.2, -0.15) is 0 Å². The fraction of sp³-hybridized carbons (Fsp3) is 0.385. The number of fused-ring (bicyclic) bond motifs is 1. The van der Waals surface area contributed by atoms with Gasteiger partial charge in [0.2, 0.25) is 5.91 Å². The highest BCUT2D eigenvalue weighted by Gasteiger charge is 2.10. The molecule has 5 nitrogen and oxygen atoms in total. The van der Waals surface area contributed by atoms with E-state index in [2.05, 4.69) is 28.1 Å². The van der Waals surface area contributed by atoms with E-state index in [0.717, 1.165) is 71.0 Å². The molecule has 32 heavy (non-hydrogen) atoms. The molecule has 0 aliphatic rings. The molecule has 170 valence electrons. The number of carbonyl (C=O) groups is 1. The summed E-state index contributed by atoms with van der Waals surface area (Å²) in [5.41, 5.74) is 4.25. The van der Waals surface area contributed by atoms with Crippen LogP contribution in [-0.4, -0.2) is 28.6 Å². The van der Waals surface area contributed by atoms with Gasteiger partial charge in [0.15, 0.2) is 0 Å². The van der Waals surface area contributed by atoms with Gasteiger partial charge in [-0.25, -0.2) is 4.98 Å². The summed E-state index contributed by atoms with van der Waals surface area (Å²) >= 11 is 6.24. The van der Waals surface area contributed by atoms with Crippen LogP contribution in [0.4, 0.5) is 0 Å². The molecule has 0 bridgehead atoms. The minimum atomic E-state index is -0.0490. The molecule has 0 spiro atoms. The number of ether oxygens (including phenoxy) is 1. The number of aromatic nitrogens is 2. The Hall–Kier alpha value is -2.79. The van der Waals surface area contributed by atoms with Crippen molar-refractivity contribution in [2.75, 3.05) is 13.2 Å². The average molecular weight is 454 g/mol. The fourth-order valence-electron chi connectivity index (χ4n) is 3.79. The van der Waals surface area contributed by atoms with Gasteiger partial charge in [0.05, 0.1) is 17.6 Å². The molecule has 0 unspecified atom stereocenters. The molecule has 0 aliphatic heterocycles. The van der Waals surface area contributed by atoms with Crippen LogP contribution >= 0.6 is 11.6 Å². The summed E-state index contributed by atoms with van der Waals surface area (Å²) in [7, 11) is 0. The van der Waals surface area contributed by atoms with Crippen molar-refractivity contribution in [1.82, 2.24) is 14.9 Å². The topological polar surface area (TPSA) is 56.2 Å². The number of nitrogens with zero attached hydrogens (tertiary/aromatic N) is 2. The number of carbonyl (C=O) groups excluding carboxylic acids is 1. The largest absolute Gasteiger partial charge is 0.494 e. The van der Waals surface area contributed by atoms with Gasteiger partial charge in [0, 0.05) is 24.5 Å². The first-order valence-corrected chi connectivity index (χ1v) is 11.6. The lowest BCUT2D eigenvalue weighted by molar-refractivity contribution is -0.116. The lowest BCUT2D eigenvalue weighted by atomic mass is 10.1. The molecule has 3 aromatic rings. The normalized spacial score (nSPS) is 11.4. The van der Waals surface area contributed by atoms with Gasteiger partial charge in [-0.15, -0.1) is 0 Å². The third-order valence-electron chi connectivity index (χ3n) is 5.38. The molecule has 0 saturated heterocycles. The standard InChI is InChI=1S/C26H32ClN3O2/c1-4-10-25(31)28-14-9-13-24-29-22-11-5-6-12-23(22)30(24)15-7-8-16-32-21-17-19(2)26(27)20(3)18-21/h4-6,10-12,17-18H,7-9,13-16H2,1-3H3,(H,28,31)/b10-4-. The zero-order valence-electron chi connectivity index (χ0n) is 19.2. The average Bonchev–Trinajstić information content (AvgIpc) is 3.12. The molecule has 0 saturated carbocycles. The second-order valence-corrected chi connectivity index (χ2v) is 8.37. The molecule has 6 heteroatoms. The van der Waals surface area contributed by atoms with Crippen molar-refractivity contribution in [3.63, 3.8) is 0 Å². The Balaban J connectivity index is 1.54. The van der Waals surface area contributed by atoms with E-state index in [9.17, 15) is 4.79 Å². The van der Waals surface area contributed by atoms with Crippen molar-refractivity contribution in [1.29, 1.82) is 0 Å². The summed E-state index contributed by atoms with van der Waals surface area (Å²) in [5.74, 6) is 1.89. The first kappa shape index (κ1) is 23.9. The lowest BCUT2D eigenvalue weighted by Crippen LogP contribution is -2.22. The summed E-state index contributed by atoms with van der Waals surface area (Å²) in [4.78, 5) is 16.4. The van der Waals surface area contributed by atoms with Gasteiger partial charge in [0.1, 0.15) is 11.6 Å². The predicted molar refractivity (Wildman–Crippen MR) is 132 cm³/mol. The van der Waals surface area contributed by atoms with Crippen LogP contribution in [0.15, 0.2) is 48.6 Å². The number of unbranched alkanes of at least 4 members (excludes halogenated alkanes) is 1. The number of rotatable bonds is 11. The Morgan fingerprint density at radius 3 is 2.66 bits per heavy atom. The summed E-state index contributed by atoms with van der Waals surface area (Å²) < 4.78 is 8.26. The molecule has 2 aromatic carbocycles.